The van der Waals surface area contributed by atoms with Crippen LogP contribution in [-0.4, -0.2) is 58.9 Å². The third-order valence-electron chi connectivity index (χ3n) is 5.13. The minimum Gasteiger partial charge on any atom is -0.387 e. The van der Waals surface area contributed by atoms with E-state index < -0.39 is 37.0 Å². The number of benzene rings is 1. The van der Waals surface area contributed by atoms with Crippen LogP contribution in [0.15, 0.2) is 35.9 Å². The number of unbranched alkanes of at least 4 members (excludes halogenated alkanes) is 3. The predicted molar refractivity (Wildman–Crippen MR) is 101 cm³/mol. The Morgan fingerprint density at radius 1 is 1.04 bits per heavy atom. The normalized spacial score (nSPS) is 34.3. The fraction of sp³-hybridized carbons (Fsp3) is 0.619. The summed E-state index contributed by atoms with van der Waals surface area (Å²) in [5.41, 5.74) is 2.07. The highest BCUT2D eigenvalue weighted by atomic mass is 16.7. The minimum absolute atomic E-state index is 0.192. The van der Waals surface area contributed by atoms with Crippen LogP contribution < -0.4 is 0 Å². The van der Waals surface area contributed by atoms with E-state index in [4.69, 9.17) is 14.2 Å². The van der Waals surface area contributed by atoms with Crippen molar-refractivity contribution in [1.29, 1.82) is 0 Å². The van der Waals surface area contributed by atoms with Crippen molar-refractivity contribution < 1.29 is 29.5 Å². The molecule has 2 aliphatic rings. The topological polar surface area (TPSA) is 88.4 Å². The van der Waals surface area contributed by atoms with E-state index in [0.29, 0.717) is 0 Å². The highest BCUT2D eigenvalue weighted by Crippen LogP contribution is 2.31. The molecule has 3 N–H and O–H groups in total. The molecule has 0 radical (unpaired) electrons. The van der Waals surface area contributed by atoms with E-state index in [1.807, 2.05) is 30.3 Å². The smallest absolute Gasteiger partial charge is 0.184 e. The van der Waals surface area contributed by atoms with Gasteiger partial charge in [-0.05, 0) is 24.0 Å². The van der Waals surface area contributed by atoms with Gasteiger partial charge in [0.25, 0.3) is 0 Å². The van der Waals surface area contributed by atoms with Gasteiger partial charge in [0, 0.05) is 0 Å². The fourth-order valence-electron chi connectivity index (χ4n) is 3.56. The molecule has 0 saturated carbocycles. The van der Waals surface area contributed by atoms with Crippen molar-refractivity contribution in [2.24, 2.45) is 0 Å². The highest BCUT2D eigenvalue weighted by molar-refractivity contribution is 5.53. The molecule has 0 spiro atoms. The number of aliphatic hydroxyl groups is 3. The third-order valence-corrected chi connectivity index (χ3v) is 5.13. The maximum atomic E-state index is 10.3. The lowest BCUT2D eigenvalue weighted by Crippen LogP contribution is -2.62. The first-order valence-corrected chi connectivity index (χ1v) is 9.82. The van der Waals surface area contributed by atoms with Crippen molar-refractivity contribution >= 4 is 6.08 Å². The summed E-state index contributed by atoms with van der Waals surface area (Å²) in [7, 11) is 0. The van der Waals surface area contributed by atoms with Crippen molar-refractivity contribution in [3.05, 3.63) is 41.5 Å². The summed E-state index contributed by atoms with van der Waals surface area (Å²) in [5.74, 6) is 0. The Bertz CT molecular complexity index is 602. The largest absolute Gasteiger partial charge is 0.387 e. The van der Waals surface area contributed by atoms with Crippen LogP contribution >= 0.6 is 0 Å². The zero-order valence-corrected chi connectivity index (χ0v) is 15.7. The molecular formula is C21H30O6. The number of aliphatic hydroxyl groups excluding tert-OH is 3. The Balaban J connectivity index is 1.73. The second kappa shape index (κ2) is 9.78. The molecule has 1 aromatic rings. The van der Waals surface area contributed by atoms with Crippen LogP contribution in [0.3, 0.4) is 0 Å². The minimum atomic E-state index is -1.43. The second-order valence-corrected chi connectivity index (χ2v) is 7.25. The number of ether oxygens (including phenoxy) is 3. The van der Waals surface area contributed by atoms with Crippen LogP contribution in [0.5, 0.6) is 0 Å². The molecular weight excluding hydrogens is 348 g/mol. The van der Waals surface area contributed by atoms with Gasteiger partial charge in [-0.25, -0.2) is 0 Å². The molecule has 3 rings (SSSR count). The molecule has 0 aromatic heterocycles. The van der Waals surface area contributed by atoms with Crippen LogP contribution in [0.1, 0.15) is 44.6 Å². The molecule has 2 unspecified atom stereocenters. The molecule has 2 fully saturated rings. The summed E-state index contributed by atoms with van der Waals surface area (Å²) in [6.45, 7) is 2.37. The average molecular weight is 378 g/mol. The molecule has 0 aliphatic carbocycles. The molecule has 1 aromatic carbocycles. The van der Waals surface area contributed by atoms with Gasteiger partial charge in [-0.3, -0.25) is 0 Å². The van der Waals surface area contributed by atoms with E-state index in [1.165, 1.54) is 12.8 Å². The van der Waals surface area contributed by atoms with Crippen LogP contribution in [-0.2, 0) is 14.2 Å². The Morgan fingerprint density at radius 2 is 1.81 bits per heavy atom. The molecule has 6 heteroatoms. The molecule has 27 heavy (non-hydrogen) atoms. The zero-order valence-electron chi connectivity index (χ0n) is 15.7. The maximum absolute atomic E-state index is 10.3. The number of fused-ring (bicyclic) bond motifs is 1. The third kappa shape index (κ3) is 5.16. The molecule has 6 nitrogen and oxygen atoms in total. The van der Waals surface area contributed by atoms with Gasteiger partial charge in [0.15, 0.2) is 12.6 Å². The van der Waals surface area contributed by atoms with Gasteiger partial charge in [-0.1, -0.05) is 62.6 Å². The Morgan fingerprint density at radius 3 is 2.56 bits per heavy atom. The first-order chi connectivity index (χ1) is 13.1. The standard InChI is InChI=1S/C21H30O6/c1-2-3-4-8-11-15(12-14-9-6-5-7-10-14)21-25-13-16-19(27-21)17(22)18(23)20(24)26-16/h5-7,9-10,12,16-24H,2-4,8,11,13H2,1H3/t16-,17-,18-,19-,20?,21?/m1/s1. The van der Waals surface area contributed by atoms with Crippen molar-refractivity contribution in [1.82, 2.24) is 0 Å². The lowest BCUT2D eigenvalue weighted by Gasteiger charge is -2.45. The van der Waals surface area contributed by atoms with Gasteiger partial charge < -0.3 is 29.5 Å². The highest BCUT2D eigenvalue weighted by Gasteiger charge is 2.48. The Labute approximate surface area is 160 Å². The summed E-state index contributed by atoms with van der Waals surface area (Å²) in [5, 5.41) is 29.8. The van der Waals surface area contributed by atoms with E-state index in [0.717, 1.165) is 30.4 Å². The number of hydrogen-bond donors (Lipinski definition) is 3. The van der Waals surface area contributed by atoms with E-state index in [1.54, 1.807) is 0 Å². The van der Waals surface area contributed by atoms with Crippen LogP contribution in [0.2, 0.25) is 0 Å². The molecule has 2 heterocycles. The molecule has 0 bridgehead atoms. The van der Waals surface area contributed by atoms with Crippen molar-refractivity contribution in [2.45, 2.75) is 76.0 Å². The second-order valence-electron chi connectivity index (χ2n) is 7.25. The molecule has 2 aliphatic heterocycles. The van der Waals surface area contributed by atoms with Gasteiger partial charge in [-0.15, -0.1) is 0 Å². The van der Waals surface area contributed by atoms with E-state index in [2.05, 4.69) is 13.0 Å². The van der Waals surface area contributed by atoms with Crippen molar-refractivity contribution in [2.75, 3.05) is 6.61 Å². The predicted octanol–water partition coefficient (Wildman–Crippen LogP) is 2.22. The van der Waals surface area contributed by atoms with Gasteiger partial charge in [0.1, 0.15) is 24.4 Å². The summed E-state index contributed by atoms with van der Waals surface area (Å²) in [4.78, 5) is 0. The number of rotatable bonds is 7. The monoisotopic (exact) mass is 378 g/mol. The molecule has 150 valence electrons. The molecule has 6 atom stereocenters. The summed E-state index contributed by atoms with van der Waals surface area (Å²) < 4.78 is 17.1. The van der Waals surface area contributed by atoms with Gasteiger partial charge in [0.05, 0.1) is 6.61 Å². The first kappa shape index (κ1) is 20.5. The van der Waals surface area contributed by atoms with Crippen molar-refractivity contribution in [3.63, 3.8) is 0 Å². The van der Waals surface area contributed by atoms with Crippen LogP contribution in [0.25, 0.3) is 6.08 Å². The lowest BCUT2D eigenvalue weighted by atomic mass is 9.97. The lowest BCUT2D eigenvalue weighted by molar-refractivity contribution is -0.345. The summed E-state index contributed by atoms with van der Waals surface area (Å²) >= 11 is 0. The average Bonchev–Trinajstić information content (AvgIpc) is 2.69. The van der Waals surface area contributed by atoms with Gasteiger partial charge in [0.2, 0.25) is 0 Å². The van der Waals surface area contributed by atoms with Gasteiger partial charge in [-0.2, -0.15) is 0 Å². The molecule has 0 amide bonds. The Kier molecular flexibility index (Phi) is 7.41. The van der Waals surface area contributed by atoms with Crippen molar-refractivity contribution in [3.8, 4) is 0 Å². The fourth-order valence-corrected chi connectivity index (χ4v) is 3.56. The quantitative estimate of drug-likeness (QED) is 0.631. The first-order valence-electron chi connectivity index (χ1n) is 9.82. The van der Waals surface area contributed by atoms with E-state index in [-0.39, 0.29) is 6.61 Å². The zero-order chi connectivity index (χ0) is 19.2. The van der Waals surface area contributed by atoms with Crippen LogP contribution in [0.4, 0.5) is 0 Å². The molecule has 2 saturated heterocycles. The van der Waals surface area contributed by atoms with Gasteiger partial charge >= 0.3 is 0 Å². The summed E-state index contributed by atoms with van der Waals surface area (Å²) in [6, 6.07) is 9.98. The van der Waals surface area contributed by atoms with E-state index >= 15 is 0 Å². The maximum Gasteiger partial charge on any atom is 0.184 e. The van der Waals surface area contributed by atoms with Crippen LogP contribution in [0, 0.1) is 0 Å². The van der Waals surface area contributed by atoms with E-state index in [9.17, 15) is 15.3 Å². The Hall–Kier alpha value is -1.28. The summed E-state index contributed by atoms with van der Waals surface area (Å²) in [6.07, 6.45) is 1.43. The SMILES string of the molecule is CCCCCCC(=Cc1ccccc1)C1OC[C@H]2OC(O)[C@H](O)[C@@H](O)[C@@H]2O1. The number of hydrogen-bond acceptors (Lipinski definition) is 6.